The first-order valence-electron chi connectivity index (χ1n) is 5.15. The predicted molar refractivity (Wildman–Crippen MR) is 54.6 cm³/mol. The van der Waals surface area contributed by atoms with Gasteiger partial charge in [-0.05, 0) is 6.92 Å². The Bertz CT molecular complexity index is 181. The smallest absolute Gasteiger partial charge is 0.407 e. The minimum Gasteiger partial charge on any atom is -0.465 e. The third kappa shape index (κ3) is 3.51. The van der Waals surface area contributed by atoms with E-state index in [2.05, 4.69) is 10.2 Å². The van der Waals surface area contributed by atoms with Gasteiger partial charge in [-0.25, -0.2) is 4.79 Å². The van der Waals surface area contributed by atoms with E-state index in [0.29, 0.717) is 13.1 Å². The largest absolute Gasteiger partial charge is 0.465 e. The number of likely N-dealkylation sites (N-methyl/N-ethyl adjacent to an activating group) is 1. The zero-order valence-electron chi connectivity index (χ0n) is 8.70. The Labute approximate surface area is 84.7 Å². The molecule has 0 bridgehead atoms. The average Bonchev–Trinajstić information content (AvgIpc) is 2.20. The molecule has 1 fully saturated rings. The number of hydrogen-bond acceptors (Lipinski definition) is 3. The van der Waals surface area contributed by atoms with Gasteiger partial charge in [-0.1, -0.05) is 0 Å². The van der Waals surface area contributed by atoms with E-state index in [-0.39, 0.29) is 0 Å². The number of carbonyl (C=O) groups is 1. The first-order valence-corrected chi connectivity index (χ1v) is 5.15. The summed E-state index contributed by atoms with van der Waals surface area (Å²) < 4.78 is 0. The molecule has 0 atom stereocenters. The van der Waals surface area contributed by atoms with Crippen LogP contribution in [-0.2, 0) is 0 Å². The molecule has 2 N–H and O–H groups in total. The summed E-state index contributed by atoms with van der Waals surface area (Å²) in [5.74, 6) is 0. The lowest BCUT2D eigenvalue weighted by atomic mass is 10.3. The lowest BCUT2D eigenvalue weighted by molar-refractivity contribution is 0.136. The van der Waals surface area contributed by atoms with Gasteiger partial charge in [-0.2, -0.15) is 0 Å². The lowest BCUT2D eigenvalue weighted by Crippen LogP contribution is -2.46. The third-order valence-corrected chi connectivity index (χ3v) is 2.55. The van der Waals surface area contributed by atoms with Crippen LogP contribution >= 0.6 is 0 Å². The van der Waals surface area contributed by atoms with Crippen LogP contribution in [0.1, 0.15) is 6.92 Å². The monoisotopic (exact) mass is 201 g/mol. The van der Waals surface area contributed by atoms with Crippen molar-refractivity contribution in [1.82, 2.24) is 15.1 Å². The topological polar surface area (TPSA) is 55.8 Å². The highest BCUT2D eigenvalue weighted by Crippen LogP contribution is 1.94. The van der Waals surface area contributed by atoms with Crippen molar-refractivity contribution < 1.29 is 9.90 Å². The van der Waals surface area contributed by atoms with Crippen LogP contribution in [0.5, 0.6) is 0 Å². The first kappa shape index (κ1) is 11.3. The van der Waals surface area contributed by atoms with Crippen LogP contribution in [0.4, 0.5) is 4.79 Å². The van der Waals surface area contributed by atoms with Crippen molar-refractivity contribution in [2.45, 2.75) is 6.92 Å². The van der Waals surface area contributed by atoms with Crippen LogP contribution in [0.25, 0.3) is 0 Å². The molecular weight excluding hydrogens is 182 g/mol. The fourth-order valence-electron chi connectivity index (χ4n) is 1.59. The van der Waals surface area contributed by atoms with E-state index in [1.807, 2.05) is 6.92 Å². The highest BCUT2D eigenvalue weighted by atomic mass is 16.4. The molecule has 1 amide bonds. The van der Waals surface area contributed by atoms with Crippen molar-refractivity contribution in [3.63, 3.8) is 0 Å². The molecule has 0 radical (unpaired) electrons. The Balaban J connectivity index is 2.20. The minimum atomic E-state index is -0.817. The first-order chi connectivity index (χ1) is 6.74. The molecule has 0 aromatic rings. The molecule has 0 unspecified atom stereocenters. The van der Waals surface area contributed by atoms with Crippen molar-refractivity contribution in [2.24, 2.45) is 0 Å². The summed E-state index contributed by atoms with van der Waals surface area (Å²) in [6, 6.07) is 0. The van der Waals surface area contributed by atoms with Crippen molar-refractivity contribution >= 4 is 6.09 Å². The molecule has 1 saturated heterocycles. The average molecular weight is 201 g/mol. The van der Waals surface area contributed by atoms with E-state index in [4.69, 9.17) is 5.11 Å². The van der Waals surface area contributed by atoms with Crippen molar-refractivity contribution in [3.05, 3.63) is 0 Å². The molecular formula is C9H19N3O2. The summed E-state index contributed by atoms with van der Waals surface area (Å²) in [4.78, 5) is 14.4. The second kappa shape index (κ2) is 5.82. The number of amides is 1. The van der Waals surface area contributed by atoms with Crippen LogP contribution in [0.15, 0.2) is 0 Å². The molecule has 0 aromatic carbocycles. The van der Waals surface area contributed by atoms with E-state index in [1.165, 1.54) is 4.90 Å². The summed E-state index contributed by atoms with van der Waals surface area (Å²) in [6.07, 6.45) is -0.817. The van der Waals surface area contributed by atoms with Crippen LogP contribution in [-0.4, -0.2) is 66.8 Å². The molecule has 5 heteroatoms. The molecule has 0 saturated carbocycles. The lowest BCUT2D eigenvalue weighted by Gasteiger charge is -2.29. The molecule has 1 rings (SSSR count). The van der Waals surface area contributed by atoms with Crippen molar-refractivity contribution in [2.75, 3.05) is 45.8 Å². The number of rotatable bonds is 4. The number of carboxylic acid groups (broad SMARTS) is 1. The highest BCUT2D eigenvalue weighted by molar-refractivity contribution is 5.64. The second-order valence-electron chi connectivity index (χ2n) is 3.45. The van der Waals surface area contributed by atoms with Crippen LogP contribution < -0.4 is 5.32 Å². The van der Waals surface area contributed by atoms with Crippen molar-refractivity contribution in [3.8, 4) is 0 Å². The Kier molecular flexibility index (Phi) is 4.69. The van der Waals surface area contributed by atoms with Gasteiger partial charge >= 0.3 is 6.09 Å². The fraction of sp³-hybridized carbons (Fsp3) is 0.889. The Hall–Kier alpha value is -0.810. The zero-order chi connectivity index (χ0) is 10.4. The van der Waals surface area contributed by atoms with Gasteiger partial charge < -0.3 is 15.3 Å². The maximum atomic E-state index is 10.7. The fourth-order valence-corrected chi connectivity index (χ4v) is 1.59. The van der Waals surface area contributed by atoms with Gasteiger partial charge in [0.25, 0.3) is 0 Å². The maximum absolute atomic E-state index is 10.7. The zero-order valence-corrected chi connectivity index (χ0v) is 8.70. The SMILES string of the molecule is CCN(CCN1CCNCC1)C(=O)O. The van der Waals surface area contributed by atoms with Crippen LogP contribution in [0.2, 0.25) is 0 Å². The number of hydrogen-bond donors (Lipinski definition) is 2. The van der Waals surface area contributed by atoms with Gasteiger partial charge in [0.15, 0.2) is 0 Å². The number of nitrogens with zero attached hydrogens (tertiary/aromatic N) is 2. The second-order valence-corrected chi connectivity index (χ2v) is 3.45. The summed E-state index contributed by atoms with van der Waals surface area (Å²) in [7, 11) is 0. The van der Waals surface area contributed by atoms with E-state index >= 15 is 0 Å². The Morgan fingerprint density at radius 1 is 1.50 bits per heavy atom. The predicted octanol–water partition coefficient (Wildman–Crippen LogP) is -0.108. The molecule has 0 spiro atoms. The molecule has 5 nitrogen and oxygen atoms in total. The number of piperazine rings is 1. The van der Waals surface area contributed by atoms with Gasteiger partial charge in [0.1, 0.15) is 0 Å². The molecule has 0 aromatic heterocycles. The van der Waals surface area contributed by atoms with E-state index in [1.54, 1.807) is 0 Å². The van der Waals surface area contributed by atoms with Gasteiger partial charge in [-0.3, -0.25) is 4.90 Å². The van der Waals surface area contributed by atoms with E-state index < -0.39 is 6.09 Å². The highest BCUT2D eigenvalue weighted by Gasteiger charge is 2.13. The molecule has 1 heterocycles. The summed E-state index contributed by atoms with van der Waals surface area (Å²) >= 11 is 0. The van der Waals surface area contributed by atoms with E-state index in [9.17, 15) is 4.79 Å². The molecule has 1 aliphatic heterocycles. The van der Waals surface area contributed by atoms with Gasteiger partial charge in [0.2, 0.25) is 0 Å². The third-order valence-electron chi connectivity index (χ3n) is 2.55. The Morgan fingerprint density at radius 3 is 2.64 bits per heavy atom. The number of nitrogens with one attached hydrogen (secondary N) is 1. The van der Waals surface area contributed by atoms with Crippen LogP contribution in [0.3, 0.4) is 0 Å². The molecule has 0 aliphatic carbocycles. The molecule has 82 valence electrons. The summed E-state index contributed by atoms with van der Waals surface area (Å²) in [6.45, 7) is 7.98. The standard InChI is InChI=1S/C9H19N3O2/c1-2-12(9(13)14)8-7-11-5-3-10-4-6-11/h10H,2-8H2,1H3,(H,13,14). The van der Waals surface area contributed by atoms with Gasteiger partial charge in [0.05, 0.1) is 0 Å². The van der Waals surface area contributed by atoms with Gasteiger partial charge in [-0.15, -0.1) is 0 Å². The van der Waals surface area contributed by atoms with E-state index in [0.717, 1.165) is 32.7 Å². The van der Waals surface area contributed by atoms with Crippen LogP contribution in [0, 0.1) is 0 Å². The summed E-state index contributed by atoms with van der Waals surface area (Å²) in [5, 5.41) is 12.1. The van der Waals surface area contributed by atoms with Crippen molar-refractivity contribution in [1.29, 1.82) is 0 Å². The van der Waals surface area contributed by atoms with Gasteiger partial charge in [0, 0.05) is 45.8 Å². The normalized spacial score (nSPS) is 18.1. The molecule has 14 heavy (non-hydrogen) atoms. The molecule has 1 aliphatic rings. The minimum absolute atomic E-state index is 0.571. The maximum Gasteiger partial charge on any atom is 0.407 e. The summed E-state index contributed by atoms with van der Waals surface area (Å²) in [5.41, 5.74) is 0. The quantitative estimate of drug-likeness (QED) is 0.666. The Morgan fingerprint density at radius 2 is 2.14 bits per heavy atom.